The second-order valence-electron chi connectivity index (χ2n) is 8.05. The van der Waals surface area contributed by atoms with Crippen molar-refractivity contribution >= 4 is 5.91 Å². The van der Waals surface area contributed by atoms with Gasteiger partial charge in [0.2, 0.25) is 5.91 Å². The number of hydrogen-bond acceptors (Lipinski definition) is 4. The molecule has 1 amide bonds. The van der Waals surface area contributed by atoms with E-state index in [9.17, 15) is 4.79 Å². The highest BCUT2D eigenvalue weighted by molar-refractivity contribution is 5.76. The van der Waals surface area contributed by atoms with Crippen molar-refractivity contribution in [2.45, 2.75) is 77.7 Å². The lowest BCUT2D eigenvalue weighted by Crippen LogP contribution is -2.42. The van der Waals surface area contributed by atoms with Gasteiger partial charge in [-0.3, -0.25) is 4.79 Å². The minimum absolute atomic E-state index is 0.0464. The van der Waals surface area contributed by atoms with Crippen LogP contribution in [0.5, 0.6) is 0 Å². The Balaban J connectivity index is 1.71. The summed E-state index contributed by atoms with van der Waals surface area (Å²) in [5.41, 5.74) is -0.0464. The number of amides is 1. The molecule has 24 heavy (non-hydrogen) atoms. The van der Waals surface area contributed by atoms with Crippen LogP contribution in [0, 0.1) is 0 Å². The number of carbonyl (C=O) groups is 1. The molecule has 0 radical (unpaired) electrons. The van der Waals surface area contributed by atoms with Crippen molar-refractivity contribution in [3.63, 3.8) is 0 Å². The molecule has 1 N–H and O–H groups in total. The minimum atomic E-state index is -0.0464. The van der Waals surface area contributed by atoms with Gasteiger partial charge in [0, 0.05) is 30.8 Å². The molecule has 0 unspecified atom stereocenters. The van der Waals surface area contributed by atoms with E-state index in [-0.39, 0.29) is 17.4 Å². The Hall–Kier alpha value is -1.36. The number of aryl methyl sites for hydroxylation is 1. The van der Waals surface area contributed by atoms with Gasteiger partial charge in [0.25, 0.3) is 0 Å². The summed E-state index contributed by atoms with van der Waals surface area (Å²) < 4.78 is 5.74. The van der Waals surface area contributed by atoms with Crippen molar-refractivity contribution in [1.82, 2.24) is 15.2 Å². The van der Waals surface area contributed by atoms with Crippen molar-refractivity contribution < 1.29 is 9.21 Å². The summed E-state index contributed by atoms with van der Waals surface area (Å²) in [6.45, 7) is 11.6. The molecule has 0 aromatic carbocycles. The fourth-order valence-corrected chi connectivity index (χ4v) is 3.09. The van der Waals surface area contributed by atoms with Gasteiger partial charge in [-0.1, -0.05) is 33.6 Å². The SMILES string of the molecule is C[C@H](CN1CCCCCC1)NC(=O)CCc1ncc(C(C)(C)C)o1. The Morgan fingerprint density at radius 2 is 1.96 bits per heavy atom. The molecule has 5 nitrogen and oxygen atoms in total. The second-order valence-corrected chi connectivity index (χ2v) is 8.05. The van der Waals surface area contributed by atoms with Gasteiger partial charge in [0.1, 0.15) is 5.76 Å². The van der Waals surface area contributed by atoms with E-state index in [0.29, 0.717) is 18.7 Å². The second kappa shape index (κ2) is 8.65. The minimum Gasteiger partial charge on any atom is -0.445 e. The van der Waals surface area contributed by atoms with Crippen molar-refractivity contribution in [2.75, 3.05) is 19.6 Å². The molecule has 0 bridgehead atoms. The molecule has 1 aliphatic heterocycles. The maximum absolute atomic E-state index is 12.1. The molecular formula is C19H33N3O2. The number of oxazole rings is 1. The van der Waals surface area contributed by atoms with E-state index in [1.807, 2.05) is 0 Å². The van der Waals surface area contributed by atoms with Crippen LogP contribution in [0.15, 0.2) is 10.6 Å². The van der Waals surface area contributed by atoms with Crippen molar-refractivity contribution in [2.24, 2.45) is 0 Å². The molecule has 1 aromatic rings. The molecule has 0 spiro atoms. The highest BCUT2D eigenvalue weighted by atomic mass is 16.4. The van der Waals surface area contributed by atoms with Gasteiger partial charge in [-0.2, -0.15) is 0 Å². The zero-order valence-electron chi connectivity index (χ0n) is 15.7. The number of likely N-dealkylation sites (tertiary alicyclic amines) is 1. The first-order chi connectivity index (χ1) is 11.3. The maximum Gasteiger partial charge on any atom is 0.220 e. The van der Waals surface area contributed by atoms with Crippen LogP contribution in [0.3, 0.4) is 0 Å². The number of nitrogens with zero attached hydrogens (tertiary/aromatic N) is 2. The Kier molecular flexibility index (Phi) is 6.84. The van der Waals surface area contributed by atoms with Crippen LogP contribution in [-0.2, 0) is 16.6 Å². The van der Waals surface area contributed by atoms with Crippen molar-refractivity contribution in [3.05, 3.63) is 17.8 Å². The van der Waals surface area contributed by atoms with E-state index in [2.05, 4.69) is 42.9 Å². The fourth-order valence-electron chi connectivity index (χ4n) is 3.09. The number of nitrogens with one attached hydrogen (secondary N) is 1. The van der Waals surface area contributed by atoms with Crippen LogP contribution in [0.25, 0.3) is 0 Å². The predicted molar refractivity (Wildman–Crippen MR) is 96.0 cm³/mol. The summed E-state index contributed by atoms with van der Waals surface area (Å²) in [5, 5.41) is 3.10. The van der Waals surface area contributed by atoms with E-state index < -0.39 is 0 Å². The summed E-state index contributed by atoms with van der Waals surface area (Å²) in [6, 6.07) is 0.185. The smallest absolute Gasteiger partial charge is 0.220 e. The van der Waals surface area contributed by atoms with Crippen molar-refractivity contribution in [3.8, 4) is 0 Å². The van der Waals surface area contributed by atoms with E-state index in [0.717, 1.165) is 25.4 Å². The third-order valence-electron chi connectivity index (χ3n) is 4.50. The molecule has 1 saturated heterocycles. The molecule has 136 valence electrons. The molecule has 1 atom stereocenters. The lowest BCUT2D eigenvalue weighted by atomic mass is 9.94. The molecule has 0 saturated carbocycles. The highest BCUT2D eigenvalue weighted by Crippen LogP contribution is 2.23. The summed E-state index contributed by atoms with van der Waals surface area (Å²) in [4.78, 5) is 18.9. The van der Waals surface area contributed by atoms with Crippen LogP contribution < -0.4 is 5.32 Å². The van der Waals surface area contributed by atoms with Crippen molar-refractivity contribution in [1.29, 1.82) is 0 Å². The largest absolute Gasteiger partial charge is 0.445 e. The van der Waals surface area contributed by atoms with Crippen LogP contribution in [0.1, 0.15) is 71.5 Å². The first-order valence-electron chi connectivity index (χ1n) is 9.31. The Morgan fingerprint density at radius 3 is 2.54 bits per heavy atom. The Morgan fingerprint density at radius 1 is 1.29 bits per heavy atom. The third kappa shape index (κ3) is 6.27. The number of aromatic nitrogens is 1. The quantitative estimate of drug-likeness (QED) is 0.867. The van der Waals surface area contributed by atoms with Gasteiger partial charge in [0.15, 0.2) is 5.89 Å². The van der Waals surface area contributed by atoms with E-state index in [1.165, 1.54) is 25.7 Å². The Labute approximate surface area is 146 Å². The van der Waals surface area contributed by atoms with Gasteiger partial charge >= 0.3 is 0 Å². The molecule has 2 rings (SSSR count). The number of hydrogen-bond donors (Lipinski definition) is 1. The molecule has 1 aromatic heterocycles. The topological polar surface area (TPSA) is 58.4 Å². The zero-order valence-corrected chi connectivity index (χ0v) is 15.7. The average molecular weight is 335 g/mol. The lowest BCUT2D eigenvalue weighted by molar-refractivity contribution is -0.121. The van der Waals surface area contributed by atoms with E-state index in [1.54, 1.807) is 6.20 Å². The molecule has 5 heteroatoms. The number of rotatable bonds is 6. The highest BCUT2D eigenvalue weighted by Gasteiger charge is 2.20. The predicted octanol–water partition coefficient (Wildman–Crippen LogP) is 3.29. The van der Waals surface area contributed by atoms with Gasteiger partial charge in [-0.05, 0) is 32.9 Å². The maximum atomic E-state index is 12.1. The number of carbonyl (C=O) groups excluding carboxylic acids is 1. The van der Waals surface area contributed by atoms with Gasteiger partial charge in [-0.25, -0.2) is 4.98 Å². The summed E-state index contributed by atoms with van der Waals surface area (Å²) >= 11 is 0. The molecular weight excluding hydrogens is 302 g/mol. The molecule has 1 fully saturated rings. The molecule has 1 aliphatic rings. The van der Waals surface area contributed by atoms with E-state index in [4.69, 9.17) is 4.42 Å². The first-order valence-corrected chi connectivity index (χ1v) is 9.31. The summed E-state index contributed by atoms with van der Waals surface area (Å²) in [6.07, 6.45) is 7.98. The lowest BCUT2D eigenvalue weighted by Gasteiger charge is -2.24. The summed E-state index contributed by atoms with van der Waals surface area (Å²) in [7, 11) is 0. The Bertz CT molecular complexity index is 511. The van der Waals surface area contributed by atoms with Crippen LogP contribution in [0.4, 0.5) is 0 Å². The van der Waals surface area contributed by atoms with Gasteiger partial charge < -0.3 is 14.6 Å². The molecule has 2 heterocycles. The summed E-state index contributed by atoms with van der Waals surface area (Å²) in [5.74, 6) is 1.59. The van der Waals surface area contributed by atoms with E-state index >= 15 is 0 Å². The van der Waals surface area contributed by atoms with Gasteiger partial charge in [-0.15, -0.1) is 0 Å². The monoisotopic (exact) mass is 335 g/mol. The van der Waals surface area contributed by atoms with Crippen LogP contribution in [-0.4, -0.2) is 41.5 Å². The third-order valence-corrected chi connectivity index (χ3v) is 4.50. The standard InChI is InChI=1S/C19H33N3O2/c1-15(14-22-11-7-5-6-8-12-22)21-17(23)9-10-18-20-13-16(24-18)19(2,3)4/h13,15H,5-12,14H2,1-4H3,(H,21,23)/t15-/m1/s1. The normalized spacial score (nSPS) is 18.2. The average Bonchev–Trinajstić information content (AvgIpc) is 2.84. The first kappa shape index (κ1) is 19.0. The van der Waals surface area contributed by atoms with Crippen LogP contribution in [0.2, 0.25) is 0 Å². The zero-order chi connectivity index (χ0) is 17.6. The van der Waals surface area contributed by atoms with Gasteiger partial charge in [0.05, 0.1) is 6.20 Å². The van der Waals surface area contributed by atoms with Crippen LogP contribution >= 0.6 is 0 Å². The molecule has 0 aliphatic carbocycles. The fraction of sp³-hybridized carbons (Fsp3) is 0.789.